The fourth-order valence-corrected chi connectivity index (χ4v) is 4.33. The van der Waals surface area contributed by atoms with E-state index in [0.29, 0.717) is 0 Å². The Kier molecular flexibility index (Phi) is 16.5. The van der Waals surface area contributed by atoms with Crippen LogP contribution in [0.3, 0.4) is 0 Å². The Hall–Kier alpha value is -0.160. The first-order valence-corrected chi connectivity index (χ1v) is 11.8. The van der Waals surface area contributed by atoms with Gasteiger partial charge in [-0.1, -0.05) is 45.4 Å². The zero-order valence-corrected chi connectivity index (χ0v) is 18.7. The fraction of sp³-hybridized carbons (Fsp3) is 1.00. The van der Waals surface area contributed by atoms with Crippen molar-refractivity contribution < 1.29 is 9.47 Å². The molecule has 1 aliphatic heterocycles. The van der Waals surface area contributed by atoms with Crippen molar-refractivity contribution in [1.29, 1.82) is 0 Å². The molecule has 4 nitrogen and oxygen atoms in total. The predicted octanol–water partition coefficient (Wildman–Crippen LogP) is 4.97. The lowest BCUT2D eigenvalue weighted by Crippen LogP contribution is -2.41. The molecule has 0 aliphatic carbocycles. The van der Waals surface area contributed by atoms with Gasteiger partial charge < -0.3 is 14.4 Å². The van der Waals surface area contributed by atoms with Crippen LogP contribution in [-0.2, 0) is 9.47 Å². The molecule has 27 heavy (non-hydrogen) atoms. The molecule has 0 aromatic rings. The Balaban J connectivity index is 2.22. The average molecular weight is 385 g/mol. The first-order chi connectivity index (χ1) is 13.3. The van der Waals surface area contributed by atoms with Gasteiger partial charge in [0.2, 0.25) is 0 Å². The van der Waals surface area contributed by atoms with Crippen LogP contribution < -0.4 is 0 Å². The van der Waals surface area contributed by atoms with Gasteiger partial charge in [-0.15, -0.1) is 0 Å². The van der Waals surface area contributed by atoms with Crippen molar-refractivity contribution in [3.63, 3.8) is 0 Å². The highest BCUT2D eigenvalue weighted by Crippen LogP contribution is 2.18. The van der Waals surface area contributed by atoms with Crippen molar-refractivity contribution in [3.05, 3.63) is 0 Å². The summed E-state index contributed by atoms with van der Waals surface area (Å²) in [5.74, 6) is 0. The van der Waals surface area contributed by atoms with E-state index >= 15 is 0 Å². The first kappa shape index (κ1) is 24.9. The van der Waals surface area contributed by atoms with Crippen LogP contribution in [0.25, 0.3) is 0 Å². The third-order valence-electron chi connectivity index (χ3n) is 6.02. The van der Waals surface area contributed by atoms with Gasteiger partial charge in [-0.25, -0.2) is 0 Å². The molecule has 0 bridgehead atoms. The van der Waals surface area contributed by atoms with Gasteiger partial charge in [0, 0.05) is 40.0 Å². The van der Waals surface area contributed by atoms with Crippen LogP contribution in [0.1, 0.15) is 84.0 Å². The summed E-state index contributed by atoms with van der Waals surface area (Å²) in [6.45, 7) is 10.6. The monoisotopic (exact) mass is 384 g/mol. The van der Waals surface area contributed by atoms with Gasteiger partial charge in [-0.05, 0) is 64.7 Å². The maximum atomic E-state index is 5.15. The molecule has 0 saturated carbocycles. The van der Waals surface area contributed by atoms with E-state index in [1.165, 1.54) is 110 Å². The number of likely N-dealkylation sites (tertiary alicyclic amines) is 1. The summed E-state index contributed by atoms with van der Waals surface area (Å²) in [6.07, 6.45) is 16.1. The number of likely N-dealkylation sites (N-methyl/N-ethyl adjacent to an activating group) is 1. The van der Waals surface area contributed by atoms with Crippen LogP contribution in [0.5, 0.6) is 0 Å². The van der Waals surface area contributed by atoms with Crippen molar-refractivity contribution >= 4 is 0 Å². The highest BCUT2D eigenvalue weighted by atomic mass is 16.5. The van der Waals surface area contributed by atoms with E-state index in [0.717, 1.165) is 19.3 Å². The van der Waals surface area contributed by atoms with Crippen molar-refractivity contribution in [2.75, 3.05) is 60.2 Å². The zero-order valence-electron chi connectivity index (χ0n) is 18.7. The summed E-state index contributed by atoms with van der Waals surface area (Å²) < 4.78 is 10.3. The minimum absolute atomic E-state index is 0.804. The fourth-order valence-electron chi connectivity index (χ4n) is 4.33. The van der Waals surface area contributed by atoms with Crippen molar-refractivity contribution in [3.8, 4) is 0 Å². The second-order valence-electron chi connectivity index (χ2n) is 8.25. The molecular weight excluding hydrogens is 336 g/mol. The summed E-state index contributed by atoms with van der Waals surface area (Å²) in [6, 6.07) is 0.804. The molecule has 1 unspecified atom stereocenters. The number of ether oxygens (including phenoxy) is 2. The predicted molar refractivity (Wildman–Crippen MR) is 117 cm³/mol. The number of unbranched alkanes of at least 4 members (excludes halogenated alkanes) is 8. The van der Waals surface area contributed by atoms with Gasteiger partial charge in [-0.2, -0.15) is 0 Å². The van der Waals surface area contributed by atoms with E-state index in [2.05, 4.69) is 16.7 Å². The van der Waals surface area contributed by atoms with Gasteiger partial charge in [-0.3, -0.25) is 4.90 Å². The van der Waals surface area contributed by atoms with Crippen LogP contribution in [0.4, 0.5) is 0 Å². The Bertz CT molecular complexity index is 297. The number of hydrogen-bond acceptors (Lipinski definition) is 4. The first-order valence-electron chi connectivity index (χ1n) is 11.8. The minimum atomic E-state index is 0.804. The summed E-state index contributed by atoms with van der Waals surface area (Å²) >= 11 is 0. The molecule has 1 fully saturated rings. The molecular formula is C23H48N2O2. The molecule has 4 heteroatoms. The molecule has 0 radical (unpaired) electrons. The normalized spacial score (nSPS) is 18.0. The van der Waals surface area contributed by atoms with Gasteiger partial charge in [0.1, 0.15) is 0 Å². The number of hydrogen-bond donors (Lipinski definition) is 0. The second kappa shape index (κ2) is 17.9. The zero-order chi connectivity index (χ0) is 19.6. The van der Waals surface area contributed by atoms with E-state index in [9.17, 15) is 0 Å². The topological polar surface area (TPSA) is 24.9 Å². The van der Waals surface area contributed by atoms with Gasteiger partial charge in [0.15, 0.2) is 0 Å². The molecule has 1 atom stereocenters. The smallest absolute Gasteiger partial charge is 0.0462 e. The van der Waals surface area contributed by atoms with E-state index < -0.39 is 0 Å². The lowest BCUT2D eigenvalue weighted by molar-refractivity contribution is 0.170. The molecule has 0 amide bonds. The number of methoxy groups -OCH3 is 2. The van der Waals surface area contributed by atoms with E-state index in [1.807, 2.05) is 0 Å². The maximum absolute atomic E-state index is 5.15. The summed E-state index contributed by atoms with van der Waals surface area (Å²) in [4.78, 5) is 5.48. The lowest BCUT2D eigenvalue weighted by atomic mass is 10.1. The molecule has 0 N–H and O–H groups in total. The molecule has 1 aliphatic rings. The van der Waals surface area contributed by atoms with Crippen LogP contribution in [0, 0.1) is 0 Å². The Morgan fingerprint density at radius 2 is 1.30 bits per heavy atom. The third-order valence-corrected chi connectivity index (χ3v) is 6.02. The maximum Gasteiger partial charge on any atom is 0.0462 e. The van der Waals surface area contributed by atoms with Crippen LogP contribution >= 0.6 is 0 Å². The highest BCUT2D eigenvalue weighted by Gasteiger charge is 2.24. The Labute approximate surface area is 170 Å². The largest absolute Gasteiger partial charge is 0.385 e. The summed E-state index contributed by atoms with van der Waals surface area (Å²) in [7, 11) is 3.61. The Morgan fingerprint density at radius 3 is 1.81 bits per heavy atom. The van der Waals surface area contributed by atoms with Gasteiger partial charge in [0.25, 0.3) is 0 Å². The standard InChI is InChI=1S/C23H48N2O2/c1-4-25-19-15-16-23(25)22-24(17-11-7-5-9-13-20-26-2)18-12-8-6-10-14-21-27-3/h23H,4-22H2,1-3H3. The van der Waals surface area contributed by atoms with E-state index in [4.69, 9.17) is 9.47 Å². The van der Waals surface area contributed by atoms with Crippen molar-refractivity contribution in [2.45, 2.75) is 90.0 Å². The Morgan fingerprint density at radius 1 is 0.778 bits per heavy atom. The van der Waals surface area contributed by atoms with E-state index in [-0.39, 0.29) is 0 Å². The van der Waals surface area contributed by atoms with Crippen LogP contribution in [0.15, 0.2) is 0 Å². The van der Waals surface area contributed by atoms with Gasteiger partial charge in [0.05, 0.1) is 0 Å². The average Bonchev–Trinajstić information content (AvgIpc) is 3.13. The quantitative estimate of drug-likeness (QED) is 0.294. The van der Waals surface area contributed by atoms with E-state index in [1.54, 1.807) is 14.2 Å². The minimum Gasteiger partial charge on any atom is -0.385 e. The number of rotatable bonds is 19. The third kappa shape index (κ3) is 12.8. The van der Waals surface area contributed by atoms with Gasteiger partial charge >= 0.3 is 0 Å². The summed E-state index contributed by atoms with van der Waals surface area (Å²) in [5.41, 5.74) is 0. The number of nitrogens with zero attached hydrogens (tertiary/aromatic N) is 2. The SMILES string of the molecule is CCN1CCCC1CN(CCCCCCCOC)CCCCCCCOC. The van der Waals surface area contributed by atoms with Crippen LogP contribution in [-0.4, -0.2) is 76.0 Å². The summed E-state index contributed by atoms with van der Waals surface area (Å²) in [5, 5.41) is 0. The molecule has 0 aromatic carbocycles. The van der Waals surface area contributed by atoms with Crippen LogP contribution in [0.2, 0.25) is 0 Å². The molecule has 0 spiro atoms. The second-order valence-corrected chi connectivity index (χ2v) is 8.25. The highest BCUT2D eigenvalue weighted by molar-refractivity contribution is 4.81. The lowest BCUT2D eigenvalue weighted by Gasteiger charge is -2.30. The molecule has 1 saturated heterocycles. The molecule has 1 rings (SSSR count). The molecule has 1 heterocycles. The molecule has 162 valence electrons. The van der Waals surface area contributed by atoms with Crippen molar-refractivity contribution in [1.82, 2.24) is 9.80 Å². The van der Waals surface area contributed by atoms with Crippen molar-refractivity contribution in [2.24, 2.45) is 0 Å². The molecule has 0 aromatic heterocycles.